The minimum atomic E-state index is -0.695. The number of nitrogens with zero attached hydrogens (tertiary/aromatic N) is 1. The molecule has 0 radical (unpaired) electrons. The Kier molecular flexibility index (Phi) is 7.33. The van der Waals surface area contributed by atoms with E-state index in [1.807, 2.05) is 13.0 Å². The number of methoxy groups -OCH3 is 1. The zero-order chi connectivity index (χ0) is 21.5. The van der Waals surface area contributed by atoms with Crippen LogP contribution in [0.3, 0.4) is 0 Å². The normalized spacial score (nSPS) is 12.8. The Morgan fingerprint density at radius 3 is 2.73 bits per heavy atom. The van der Waals surface area contributed by atoms with Gasteiger partial charge in [0.2, 0.25) is 0 Å². The summed E-state index contributed by atoms with van der Waals surface area (Å²) in [6.45, 7) is 6.74. The minimum absolute atomic E-state index is 0.411. The number of fused-ring (bicyclic) bond motifs is 1. The van der Waals surface area contributed by atoms with Gasteiger partial charge in [-0.05, 0) is 67.5 Å². The lowest BCUT2D eigenvalue weighted by atomic mass is 9.98. The van der Waals surface area contributed by atoms with E-state index in [-0.39, 0.29) is 0 Å². The van der Waals surface area contributed by atoms with Gasteiger partial charge >= 0.3 is 11.8 Å². The summed E-state index contributed by atoms with van der Waals surface area (Å²) < 4.78 is 5.24. The van der Waals surface area contributed by atoms with Crippen LogP contribution in [0.2, 0.25) is 0 Å². The molecule has 3 rings (SSSR count). The second kappa shape index (κ2) is 10.1. The van der Waals surface area contributed by atoms with Crippen LogP contribution in [0.15, 0.2) is 36.4 Å². The van der Waals surface area contributed by atoms with Crippen LogP contribution in [0.4, 0.5) is 11.4 Å². The lowest BCUT2D eigenvalue weighted by Gasteiger charge is -2.31. The van der Waals surface area contributed by atoms with Crippen molar-refractivity contribution in [3.05, 3.63) is 53.1 Å². The number of hydrogen-bond donors (Lipinski definition) is 2. The van der Waals surface area contributed by atoms with E-state index >= 15 is 0 Å². The summed E-state index contributed by atoms with van der Waals surface area (Å²) in [5.41, 5.74) is 5.35. The van der Waals surface area contributed by atoms with Crippen molar-refractivity contribution < 1.29 is 14.3 Å². The van der Waals surface area contributed by atoms with Gasteiger partial charge in [0.1, 0.15) is 5.75 Å². The van der Waals surface area contributed by atoms with E-state index in [4.69, 9.17) is 4.74 Å². The number of anilines is 2. The highest BCUT2D eigenvalue weighted by Gasteiger charge is 2.17. The SMILES string of the molecule is CCCN1CCCc2cc(CCNC(=O)C(=O)Nc3cc(C)ccc3OC)ccc21. The third-order valence-electron chi connectivity index (χ3n) is 5.36. The van der Waals surface area contributed by atoms with E-state index < -0.39 is 11.8 Å². The van der Waals surface area contributed by atoms with Crippen LogP contribution < -0.4 is 20.3 Å². The van der Waals surface area contributed by atoms with E-state index in [1.54, 1.807) is 12.1 Å². The number of benzene rings is 2. The van der Waals surface area contributed by atoms with E-state index in [0.717, 1.165) is 31.5 Å². The summed E-state index contributed by atoms with van der Waals surface area (Å²) in [6.07, 6.45) is 4.10. The number of ether oxygens (including phenoxy) is 1. The van der Waals surface area contributed by atoms with Crippen LogP contribution in [0, 0.1) is 6.92 Å². The molecule has 0 aromatic heterocycles. The van der Waals surface area contributed by atoms with Crippen molar-refractivity contribution >= 4 is 23.2 Å². The van der Waals surface area contributed by atoms with Crippen molar-refractivity contribution in [3.63, 3.8) is 0 Å². The highest BCUT2D eigenvalue weighted by Crippen LogP contribution is 2.28. The van der Waals surface area contributed by atoms with Crippen molar-refractivity contribution in [1.29, 1.82) is 0 Å². The van der Waals surface area contributed by atoms with Gasteiger partial charge in [-0.2, -0.15) is 0 Å². The lowest BCUT2D eigenvalue weighted by Crippen LogP contribution is -2.36. The Labute approximate surface area is 178 Å². The smallest absolute Gasteiger partial charge is 0.313 e. The van der Waals surface area contributed by atoms with E-state index in [2.05, 4.69) is 40.7 Å². The van der Waals surface area contributed by atoms with Crippen molar-refractivity contribution in [3.8, 4) is 5.75 Å². The molecule has 0 aliphatic carbocycles. The van der Waals surface area contributed by atoms with Gasteiger partial charge < -0.3 is 20.3 Å². The molecule has 2 aromatic rings. The predicted octanol–water partition coefficient (Wildman–Crippen LogP) is 3.46. The summed E-state index contributed by atoms with van der Waals surface area (Å²) in [7, 11) is 1.53. The number of carbonyl (C=O) groups excluding carboxylic acids is 2. The monoisotopic (exact) mass is 409 g/mol. The third-order valence-corrected chi connectivity index (χ3v) is 5.36. The molecule has 6 heteroatoms. The van der Waals surface area contributed by atoms with Gasteiger partial charge in [0, 0.05) is 25.3 Å². The van der Waals surface area contributed by atoms with E-state index in [1.165, 1.54) is 30.3 Å². The molecule has 2 aromatic carbocycles. The Bertz CT molecular complexity index is 911. The summed E-state index contributed by atoms with van der Waals surface area (Å²) in [4.78, 5) is 26.9. The standard InChI is InChI=1S/C24H31N3O3/c1-4-13-27-14-5-6-19-16-18(8-9-21(19)27)11-12-25-23(28)24(29)26-20-15-17(2)7-10-22(20)30-3/h7-10,15-16H,4-6,11-14H2,1-3H3,(H,25,28)(H,26,29). The predicted molar refractivity (Wildman–Crippen MR) is 120 cm³/mol. The zero-order valence-electron chi connectivity index (χ0n) is 18.1. The fraction of sp³-hybridized carbons (Fsp3) is 0.417. The Morgan fingerprint density at radius 2 is 1.97 bits per heavy atom. The summed E-state index contributed by atoms with van der Waals surface area (Å²) in [5.74, 6) is -0.821. The average molecular weight is 410 g/mol. The van der Waals surface area contributed by atoms with Crippen LogP contribution in [-0.2, 0) is 22.4 Å². The fourth-order valence-electron chi connectivity index (χ4n) is 3.89. The van der Waals surface area contributed by atoms with Crippen molar-refractivity contribution in [2.45, 2.75) is 39.5 Å². The molecule has 160 valence electrons. The molecular formula is C24H31N3O3. The first-order valence-corrected chi connectivity index (χ1v) is 10.6. The molecule has 0 saturated heterocycles. The van der Waals surface area contributed by atoms with Crippen molar-refractivity contribution in [2.24, 2.45) is 0 Å². The van der Waals surface area contributed by atoms with Crippen LogP contribution in [-0.4, -0.2) is 38.6 Å². The molecule has 0 spiro atoms. The Hall–Kier alpha value is -3.02. The molecule has 0 bridgehead atoms. The molecule has 0 unspecified atom stereocenters. The molecule has 0 fully saturated rings. The van der Waals surface area contributed by atoms with Gasteiger partial charge in [0.25, 0.3) is 0 Å². The van der Waals surface area contributed by atoms with Crippen LogP contribution in [0.25, 0.3) is 0 Å². The maximum atomic E-state index is 12.2. The van der Waals surface area contributed by atoms with Crippen LogP contribution >= 0.6 is 0 Å². The number of aryl methyl sites for hydroxylation is 2. The first-order chi connectivity index (χ1) is 14.5. The number of carbonyl (C=O) groups is 2. The second-order valence-electron chi connectivity index (χ2n) is 7.72. The molecule has 30 heavy (non-hydrogen) atoms. The summed E-state index contributed by atoms with van der Waals surface area (Å²) in [6, 6.07) is 12.0. The van der Waals surface area contributed by atoms with E-state index in [0.29, 0.717) is 24.4 Å². The number of rotatable bonds is 7. The summed E-state index contributed by atoms with van der Waals surface area (Å²) in [5, 5.41) is 5.34. The number of hydrogen-bond acceptors (Lipinski definition) is 4. The molecular weight excluding hydrogens is 378 g/mol. The molecule has 0 saturated carbocycles. The molecule has 2 amide bonds. The van der Waals surface area contributed by atoms with Gasteiger partial charge in [0.05, 0.1) is 12.8 Å². The van der Waals surface area contributed by atoms with Crippen molar-refractivity contribution in [1.82, 2.24) is 5.32 Å². The van der Waals surface area contributed by atoms with E-state index in [9.17, 15) is 9.59 Å². The van der Waals surface area contributed by atoms with Crippen LogP contribution in [0.5, 0.6) is 5.75 Å². The molecule has 2 N–H and O–H groups in total. The number of amides is 2. The Balaban J connectivity index is 1.53. The van der Waals surface area contributed by atoms with Crippen molar-refractivity contribution in [2.75, 3.05) is 37.0 Å². The minimum Gasteiger partial charge on any atom is -0.495 e. The topological polar surface area (TPSA) is 70.7 Å². The molecule has 1 heterocycles. The highest BCUT2D eigenvalue weighted by molar-refractivity contribution is 6.39. The summed E-state index contributed by atoms with van der Waals surface area (Å²) >= 11 is 0. The van der Waals surface area contributed by atoms with Gasteiger partial charge in [-0.1, -0.05) is 25.1 Å². The molecule has 0 atom stereocenters. The van der Waals surface area contributed by atoms with Gasteiger partial charge in [-0.15, -0.1) is 0 Å². The maximum absolute atomic E-state index is 12.2. The third kappa shape index (κ3) is 5.32. The first-order valence-electron chi connectivity index (χ1n) is 10.6. The van der Waals surface area contributed by atoms with Crippen LogP contribution in [0.1, 0.15) is 36.5 Å². The largest absolute Gasteiger partial charge is 0.495 e. The quantitative estimate of drug-likeness (QED) is 0.687. The Morgan fingerprint density at radius 1 is 1.13 bits per heavy atom. The molecule has 6 nitrogen and oxygen atoms in total. The second-order valence-corrected chi connectivity index (χ2v) is 7.72. The molecule has 1 aliphatic rings. The average Bonchev–Trinajstić information content (AvgIpc) is 2.74. The molecule has 1 aliphatic heterocycles. The zero-order valence-corrected chi connectivity index (χ0v) is 18.1. The first kappa shape index (κ1) is 21.7. The maximum Gasteiger partial charge on any atom is 0.313 e. The van der Waals surface area contributed by atoms with Gasteiger partial charge in [-0.3, -0.25) is 9.59 Å². The lowest BCUT2D eigenvalue weighted by molar-refractivity contribution is -0.136. The number of nitrogens with one attached hydrogen (secondary N) is 2. The van der Waals surface area contributed by atoms with Gasteiger partial charge in [0.15, 0.2) is 0 Å². The highest BCUT2D eigenvalue weighted by atomic mass is 16.5. The fourth-order valence-corrected chi connectivity index (χ4v) is 3.89. The van der Waals surface area contributed by atoms with Gasteiger partial charge in [-0.25, -0.2) is 0 Å².